The van der Waals surface area contributed by atoms with Gasteiger partial charge in [0.05, 0.1) is 18.2 Å². The summed E-state index contributed by atoms with van der Waals surface area (Å²) >= 11 is 1.19. The number of carbonyl (C=O) groups is 1. The van der Waals surface area contributed by atoms with Gasteiger partial charge in [0.15, 0.2) is 0 Å². The van der Waals surface area contributed by atoms with Gasteiger partial charge in [0.2, 0.25) is 0 Å². The van der Waals surface area contributed by atoms with Crippen LogP contribution >= 0.6 is 11.8 Å². The third-order valence-corrected chi connectivity index (χ3v) is 4.98. The van der Waals surface area contributed by atoms with Crippen LogP contribution in [0.5, 0.6) is 5.75 Å². The molecule has 0 spiro atoms. The summed E-state index contributed by atoms with van der Waals surface area (Å²) in [6, 6.07) is 14.1. The highest BCUT2D eigenvalue weighted by Gasteiger charge is 2.41. The van der Waals surface area contributed by atoms with Gasteiger partial charge >= 0.3 is 6.18 Å². The van der Waals surface area contributed by atoms with Gasteiger partial charge in [0.1, 0.15) is 5.75 Å². The lowest BCUT2D eigenvalue weighted by Gasteiger charge is -2.13. The zero-order valence-corrected chi connectivity index (χ0v) is 14.5. The van der Waals surface area contributed by atoms with Crippen LogP contribution in [0.2, 0.25) is 0 Å². The van der Waals surface area contributed by atoms with Crippen LogP contribution in [-0.2, 0) is 5.75 Å². The number of nitrogens with zero attached hydrogens (tertiary/aromatic N) is 1. The molecule has 3 rings (SSSR count). The molecule has 0 aliphatic carbocycles. The minimum absolute atomic E-state index is 0.286. The molecule has 0 radical (unpaired) electrons. The van der Waals surface area contributed by atoms with E-state index in [0.29, 0.717) is 22.4 Å². The Kier molecular flexibility index (Phi) is 5.18. The number of fused-ring (bicyclic) bond motifs is 1. The monoisotopic (exact) mass is 377 g/mol. The van der Waals surface area contributed by atoms with Crippen molar-refractivity contribution in [1.29, 1.82) is 0 Å². The number of alkyl halides is 3. The molecule has 2 aromatic carbocycles. The van der Waals surface area contributed by atoms with Crippen molar-refractivity contribution in [1.82, 2.24) is 4.98 Å². The molecule has 0 unspecified atom stereocenters. The van der Waals surface area contributed by atoms with Gasteiger partial charge in [0.25, 0.3) is 5.78 Å². The average Bonchev–Trinajstić information content (AvgIpc) is 2.65. The minimum atomic E-state index is -4.94. The zero-order chi connectivity index (χ0) is 18.7. The van der Waals surface area contributed by atoms with Crippen LogP contribution < -0.4 is 4.74 Å². The number of aromatic nitrogens is 1. The zero-order valence-electron chi connectivity index (χ0n) is 13.7. The van der Waals surface area contributed by atoms with Gasteiger partial charge in [-0.25, -0.2) is 0 Å². The Hall–Kier alpha value is -2.54. The number of Topliss-reactive ketones (excluding diaryl/α,β-unsaturated/α-hetero) is 1. The normalized spacial score (nSPS) is 11.5. The Labute approximate surface area is 152 Å². The first-order valence-electron chi connectivity index (χ1n) is 7.65. The van der Waals surface area contributed by atoms with Gasteiger partial charge in [-0.05, 0) is 23.8 Å². The number of methoxy groups -OCH3 is 1. The lowest BCUT2D eigenvalue weighted by atomic mass is 10.1. The van der Waals surface area contributed by atoms with E-state index < -0.39 is 17.5 Å². The van der Waals surface area contributed by atoms with Crippen molar-refractivity contribution in [3.8, 4) is 5.75 Å². The van der Waals surface area contributed by atoms with Gasteiger partial charge in [0, 0.05) is 22.2 Å². The molecule has 0 fully saturated rings. The van der Waals surface area contributed by atoms with E-state index in [4.69, 9.17) is 4.74 Å². The van der Waals surface area contributed by atoms with Crippen LogP contribution in [0.4, 0.5) is 13.2 Å². The second kappa shape index (κ2) is 7.37. The molecule has 0 bridgehead atoms. The van der Waals surface area contributed by atoms with E-state index >= 15 is 0 Å². The first-order chi connectivity index (χ1) is 12.4. The first kappa shape index (κ1) is 18.3. The summed E-state index contributed by atoms with van der Waals surface area (Å²) in [5.74, 6) is -0.773. The Balaban J connectivity index is 1.99. The topological polar surface area (TPSA) is 39.2 Å². The molecule has 3 nitrogen and oxygen atoms in total. The van der Waals surface area contributed by atoms with E-state index in [1.807, 2.05) is 12.1 Å². The van der Waals surface area contributed by atoms with Gasteiger partial charge < -0.3 is 4.74 Å². The van der Waals surface area contributed by atoms with Crippen molar-refractivity contribution >= 4 is 28.4 Å². The summed E-state index contributed by atoms with van der Waals surface area (Å²) < 4.78 is 44.0. The SMILES string of the molecule is COc1ccc(CSc2c(C(=O)C(F)(F)F)cnc3ccccc23)cc1. The molecule has 7 heteroatoms. The van der Waals surface area contributed by atoms with E-state index in [2.05, 4.69) is 4.98 Å². The minimum Gasteiger partial charge on any atom is -0.497 e. The number of ketones is 1. The molecule has 0 aliphatic rings. The number of ether oxygens (including phenoxy) is 1. The standard InChI is InChI=1S/C19H14F3NO2S/c1-25-13-8-6-12(7-9-13)11-26-17-14-4-2-3-5-16(14)23-10-15(17)18(24)19(20,21)22/h2-10H,11H2,1H3. The second-order valence-electron chi connectivity index (χ2n) is 5.48. The summed E-state index contributed by atoms with van der Waals surface area (Å²) in [4.78, 5) is 16.1. The van der Waals surface area contributed by atoms with Crippen molar-refractivity contribution < 1.29 is 22.7 Å². The maximum Gasteiger partial charge on any atom is 0.454 e. The van der Waals surface area contributed by atoms with E-state index in [1.165, 1.54) is 11.8 Å². The predicted molar refractivity (Wildman–Crippen MR) is 94.7 cm³/mol. The molecule has 134 valence electrons. The quantitative estimate of drug-likeness (QED) is 0.448. The summed E-state index contributed by atoms with van der Waals surface area (Å²) in [6.07, 6.45) is -3.94. The number of hydrogen-bond donors (Lipinski definition) is 0. The number of pyridine rings is 1. The Morgan fingerprint density at radius 3 is 2.46 bits per heavy atom. The molecule has 26 heavy (non-hydrogen) atoms. The van der Waals surface area contributed by atoms with Gasteiger partial charge in [-0.15, -0.1) is 11.8 Å². The molecule has 0 N–H and O–H groups in total. The van der Waals surface area contributed by atoms with E-state index in [9.17, 15) is 18.0 Å². The van der Waals surface area contributed by atoms with Crippen molar-refractivity contribution in [3.63, 3.8) is 0 Å². The van der Waals surface area contributed by atoms with Crippen molar-refractivity contribution in [2.45, 2.75) is 16.8 Å². The highest BCUT2D eigenvalue weighted by Crippen LogP contribution is 2.35. The molecule has 0 atom stereocenters. The maximum absolute atomic E-state index is 13.0. The summed E-state index contributed by atoms with van der Waals surface area (Å²) in [6.45, 7) is 0. The Morgan fingerprint density at radius 2 is 1.81 bits per heavy atom. The molecule has 1 aromatic heterocycles. The number of carbonyl (C=O) groups excluding carboxylic acids is 1. The first-order valence-corrected chi connectivity index (χ1v) is 8.63. The Morgan fingerprint density at radius 1 is 1.12 bits per heavy atom. The van der Waals surface area contributed by atoms with Crippen LogP contribution in [0, 0.1) is 0 Å². The van der Waals surface area contributed by atoms with E-state index in [0.717, 1.165) is 11.8 Å². The summed E-state index contributed by atoms with van der Waals surface area (Å²) in [7, 11) is 1.56. The van der Waals surface area contributed by atoms with Crippen LogP contribution in [0.25, 0.3) is 10.9 Å². The smallest absolute Gasteiger partial charge is 0.454 e. The van der Waals surface area contributed by atoms with Crippen LogP contribution in [0.15, 0.2) is 59.6 Å². The summed E-state index contributed by atoms with van der Waals surface area (Å²) in [5, 5.41) is 0.529. The van der Waals surface area contributed by atoms with Crippen molar-refractivity contribution in [2.24, 2.45) is 0 Å². The second-order valence-corrected chi connectivity index (χ2v) is 6.47. The average molecular weight is 377 g/mol. The largest absolute Gasteiger partial charge is 0.497 e. The number of rotatable bonds is 5. The third-order valence-electron chi connectivity index (χ3n) is 3.77. The van der Waals surface area contributed by atoms with Crippen LogP contribution in [-0.4, -0.2) is 24.1 Å². The molecule has 0 amide bonds. The number of halogens is 3. The molecule has 0 aliphatic heterocycles. The molecule has 3 aromatic rings. The highest BCUT2D eigenvalue weighted by atomic mass is 32.2. The number of benzene rings is 2. The third kappa shape index (κ3) is 3.83. The van der Waals surface area contributed by atoms with Gasteiger partial charge in [-0.2, -0.15) is 13.2 Å². The molecular weight excluding hydrogens is 363 g/mol. The van der Waals surface area contributed by atoms with Crippen LogP contribution in [0.3, 0.4) is 0 Å². The molecule has 0 saturated heterocycles. The van der Waals surface area contributed by atoms with Crippen molar-refractivity contribution in [3.05, 3.63) is 65.9 Å². The maximum atomic E-state index is 13.0. The fourth-order valence-electron chi connectivity index (χ4n) is 2.46. The molecular formula is C19H14F3NO2S. The van der Waals surface area contributed by atoms with Crippen LogP contribution in [0.1, 0.15) is 15.9 Å². The summed E-state index contributed by atoms with van der Waals surface area (Å²) in [5.41, 5.74) is 1.03. The molecule has 0 saturated carbocycles. The van der Waals surface area contributed by atoms with Gasteiger partial charge in [-0.3, -0.25) is 9.78 Å². The fourth-order valence-corrected chi connectivity index (χ4v) is 3.60. The number of hydrogen-bond acceptors (Lipinski definition) is 4. The number of thioether (sulfide) groups is 1. The van der Waals surface area contributed by atoms with Gasteiger partial charge in [-0.1, -0.05) is 30.3 Å². The van der Waals surface area contributed by atoms with E-state index in [1.54, 1.807) is 43.5 Å². The van der Waals surface area contributed by atoms with E-state index in [-0.39, 0.29) is 4.90 Å². The van der Waals surface area contributed by atoms with Crippen molar-refractivity contribution in [2.75, 3.05) is 7.11 Å². The lowest BCUT2D eigenvalue weighted by Crippen LogP contribution is -2.23. The predicted octanol–water partition coefficient (Wildman–Crippen LogP) is 5.28. The lowest BCUT2D eigenvalue weighted by molar-refractivity contribution is -0.0887. The fraction of sp³-hybridized carbons (Fsp3) is 0.158. The number of para-hydroxylation sites is 1. The Bertz CT molecular complexity index is 940. The highest BCUT2D eigenvalue weighted by molar-refractivity contribution is 7.98. The molecule has 1 heterocycles.